The Labute approximate surface area is 124 Å². The van der Waals surface area contributed by atoms with Gasteiger partial charge in [0.1, 0.15) is 5.60 Å². The van der Waals surface area contributed by atoms with Gasteiger partial charge in [-0.25, -0.2) is 4.79 Å². The number of esters is 1. The predicted octanol–water partition coefficient (Wildman–Crippen LogP) is 4.88. The summed E-state index contributed by atoms with van der Waals surface area (Å²) in [5.74, 6) is 1.41. The van der Waals surface area contributed by atoms with Gasteiger partial charge in [0.25, 0.3) is 0 Å². The van der Waals surface area contributed by atoms with E-state index < -0.39 is 0 Å². The van der Waals surface area contributed by atoms with E-state index in [1.54, 1.807) is 6.92 Å². The van der Waals surface area contributed by atoms with E-state index in [0.717, 1.165) is 11.8 Å². The van der Waals surface area contributed by atoms with E-state index in [1.165, 1.54) is 44.9 Å². The van der Waals surface area contributed by atoms with Gasteiger partial charge < -0.3 is 4.74 Å². The van der Waals surface area contributed by atoms with Crippen molar-refractivity contribution in [3.05, 3.63) is 12.2 Å². The largest absolute Gasteiger partial charge is 0.456 e. The molecule has 2 aliphatic rings. The van der Waals surface area contributed by atoms with Crippen molar-refractivity contribution < 1.29 is 9.53 Å². The molecular formula is C18H30O2. The van der Waals surface area contributed by atoms with E-state index in [4.69, 9.17) is 4.74 Å². The number of hydrogen-bond donors (Lipinski definition) is 0. The first-order valence-electron chi connectivity index (χ1n) is 8.18. The number of fused-ring (bicyclic) bond motifs is 2. The molecule has 20 heavy (non-hydrogen) atoms. The Bertz CT molecular complexity index is 396. The van der Waals surface area contributed by atoms with Crippen LogP contribution in [0.15, 0.2) is 12.2 Å². The van der Waals surface area contributed by atoms with Gasteiger partial charge in [-0.15, -0.1) is 0 Å². The lowest BCUT2D eigenvalue weighted by Gasteiger charge is -2.55. The molecule has 3 unspecified atom stereocenters. The van der Waals surface area contributed by atoms with Crippen LogP contribution >= 0.6 is 0 Å². The van der Waals surface area contributed by atoms with Gasteiger partial charge in [0.15, 0.2) is 0 Å². The molecule has 2 fully saturated rings. The molecule has 2 bridgehead atoms. The standard InChI is InChI=1S/C18H30O2/c1-6-14-10-15-8-7-9-18(11-14,12-15)17(4,5)20-16(19)13(2)3/h14-15H,2,6-12H2,1,3-5H3. The zero-order valence-corrected chi connectivity index (χ0v) is 13.6. The first-order valence-corrected chi connectivity index (χ1v) is 8.18. The van der Waals surface area contributed by atoms with E-state index >= 15 is 0 Å². The molecule has 0 aromatic heterocycles. The van der Waals surface area contributed by atoms with E-state index in [9.17, 15) is 4.79 Å². The Morgan fingerprint density at radius 2 is 2.10 bits per heavy atom. The first kappa shape index (κ1) is 15.6. The quantitative estimate of drug-likeness (QED) is 0.541. The molecule has 2 heteroatoms. The molecule has 0 saturated heterocycles. The molecule has 2 nitrogen and oxygen atoms in total. The smallest absolute Gasteiger partial charge is 0.333 e. The fourth-order valence-corrected chi connectivity index (χ4v) is 4.51. The van der Waals surface area contributed by atoms with Gasteiger partial charge in [-0.2, -0.15) is 0 Å². The van der Waals surface area contributed by atoms with E-state index in [-0.39, 0.29) is 17.0 Å². The Hall–Kier alpha value is -0.790. The first-order chi connectivity index (χ1) is 9.29. The molecule has 0 radical (unpaired) electrons. The van der Waals surface area contributed by atoms with Crippen molar-refractivity contribution in [1.82, 2.24) is 0 Å². The summed E-state index contributed by atoms with van der Waals surface area (Å²) in [5, 5.41) is 0. The van der Waals surface area contributed by atoms with Crippen LogP contribution in [0, 0.1) is 17.3 Å². The minimum absolute atomic E-state index is 0.181. The lowest BCUT2D eigenvalue weighted by Crippen LogP contribution is -2.53. The zero-order valence-electron chi connectivity index (χ0n) is 13.6. The predicted molar refractivity (Wildman–Crippen MR) is 82.4 cm³/mol. The van der Waals surface area contributed by atoms with Crippen LogP contribution in [0.4, 0.5) is 0 Å². The van der Waals surface area contributed by atoms with Crippen LogP contribution in [0.25, 0.3) is 0 Å². The minimum Gasteiger partial charge on any atom is -0.456 e. The van der Waals surface area contributed by atoms with Gasteiger partial charge in [0, 0.05) is 11.0 Å². The number of rotatable bonds is 4. The van der Waals surface area contributed by atoms with Crippen molar-refractivity contribution in [2.24, 2.45) is 17.3 Å². The lowest BCUT2D eigenvalue weighted by molar-refractivity contribution is -0.180. The number of carbonyl (C=O) groups excluding carboxylic acids is 1. The highest BCUT2D eigenvalue weighted by Gasteiger charge is 2.53. The Balaban J connectivity index is 2.21. The van der Waals surface area contributed by atoms with Crippen molar-refractivity contribution in [3.8, 4) is 0 Å². The average Bonchev–Trinajstić information content (AvgIpc) is 2.37. The fraction of sp³-hybridized carbons (Fsp3) is 0.833. The zero-order chi connectivity index (χ0) is 15.0. The Morgan fingerprint density at radius 1 is 1.40 bits per heavy atom. The molecule has 2 aliphatic carbocycles. The number of carbonyl (C=O) groups is 1. The van der Waals surface area contributed by atoms with Crippen LogP contribution in [0.1, 0.15) is 72.6 Å². The van der Waals surface area contributed by atoms with Crippen LogP contribution < -0.4 is 0 Å². The fourth-order valence-electron chi connectivity index (χ4n) is 4.51. The SMILES string of the molecule is C=C(C)C(=O)OC(C)(C)C12CCCC(CC(CC)C1)C2. The summed E-state index contributed by atoms with van der Waals surface area (Å²) in [4.78, 5) is 12.0. The molecule has 0 amide bonds. The molecule has 0 heterocycles. The maximum Gasteiger partial charge on any atom is 0.333 e. The van der Waals surface area contributed by atoms with E-state index in [1.807, 2.05) is 0 Å². The van der Waals surface area contributed by atoms with Gasteiger partial charge in [-0.05, 0) is 58.3 Å². The summed E-state index contributed by atoms with van der Waals surface area (Å²) in [6.45, 7) is 12.0. The molecule has 0 spiro atoms. The molecule has 3 atom stereocenters. The lowest BCUT2D eigenvalue weighted by atomic mass is 9.53. The molecule has 0 N–H and O–H groups in total. The maximum atomic E-state index is 12.0. The minimum atomic E-state index is -0.379. The van der Waals surface area contributed by atoms with Gasteiger partial charge in [-0.3, -0.25) is 0 Å². The molecule has 0 aromatic rings. The summed E-state index contributed by atoms with van der Waals surface area (Å²) in [6, 6.07) is 0. The van der Waals surface area contributed by atoms with Crippen LogP contribution in [-0.2, 0) is 9.53 Å². The summed E-state index contributed by atoms with van der Waals surface area (Å²) in [7, 11) is 0. The molecule has 0 aliphatic heterocycles. The summed E-state index contributed by atoms with van der Waals surface area (Å²) >= 11 is 0. The second-order valence-corrected chi connectivity index (χ2v) is 7.64. The van der Waals surface area contributed by atoms with Crippen molar-refractivity contribution in [3.63, 3.8) is 0 Å². The van der Waals surface area contributed by atoms with Gasteiger partial charge in [0.05, 0.1) is 0 Å². The second kappa shape index (κ2) is 5.54. The van der Waals surface area contributed by atoms with Gasteiger partial charge in [-0.1, -0.05) is 32.8 Å². The topological polar surface area (TPSA) is 26.3 Å². The molecule has 0 aromatic carbocycles. The highest BCUT2D eigenvalue weighted by Crippen LogP contribution is 2.57. The van der Waals surface area contributed by atoms with Crippen molar-refractivity contribution in [1.29, 1.82) is 0 Å². The van der Waals surface area contributed by atoms with Crippen LogP contribution in [0.3, 0.4) is 0 Å². The van der Waals surface area contributed by atoms with Gasteiger partial charge >= 0.3 is 5.97 Å². The third-order valence-electron chi connectivity index (χ3n) is 5.84. The summed E-state index contributed by atoms with van der Waals surface area (Å²) in [5.41, 5.74) is 0.305. The third kappa shape index (κ3) is 2.80. The molecular weight excluding hydrogens is 248 g/mol. The van der Waals surface area contributed by atoms with Gasteiger partial charge in [0.2, 0.25) is 0 Å². The number of ether oxygens (including phenoxy) is 1. The molecule has 2 rings (SSSR count). The Kier molecular flexibility index (Phi) is 4.32. The normalized spacial score (nSPS) is 33.6. The van der Waals surface area contributed by atoms with Crippen molar-refractivity contribution >= 4 is 5.97 Å². The molecule has 2 saturated carbocycles. The Morgan fingerprint density at radius 3 is 2.70 bits per heavy atom. The van der Waals surface area contributed by atoms with Crippen LogP contribution in [0.2, 0.25) is 0 Å². The highest BCUT2D eigenvalue weighted by atomic mass is 16.6. The number of hydrogen-bond acceptors (Lipinski definition) is 2. The highest BCUT2D eigenvalue weighted by molar-refractivity contribution is 5.87. The van der Waals surface area contributed by atoms with E-state index in [0.29, 0.717) is 5.57 Å². The monoisotopic (exact) mass is 278 g/mol. The summed E-state index contributed by atoms with van der Waals surface area (Å²) < 4.78 is 5.87. The maximum absolute atomic E-state index is 12.0. The summed E-state index contributed by atoms with van der Waals surface area (Å²) in [6.07, 6.45) is 8.94. The van der Waals surface area contributed by atoms with Crippen molar-refractivity contribution in [2.45, 2.75) is 78.2 Å². The van der Waals surface area contributed by atoms with Crippen LogP contribution in [0.5, 0.6) is 0 Å². The van der Waals surface area contributed by atoms with Crippen molar-refractivity contribution in [2.75, 3.05) is 0 Å². The van der Waals surface area contributed by atoms with Crippen LogP contribution in [-0.4, -0.2) is 11.6 Å². The average molecular weight is 278 g/mol. The van der Waals surface area contributed by atoms with E-state index in [2.05, 4.69) is 27.4 Å². The molecule has 114 valence electrons. The third-order valence-corrected chi connectivity index (χ3v) is 5.84. The second-order valence-electron chi connectivity index (χ2n) is 7.64.